The van der Waals surface area contributed by atoms with Crippen LogP contribution in [0.4, 0.5) is 0 Å². The van der Waals surface area contributed by atoms with Crippen molar-refractivity contribution in [2.45, 2.75) is 44.8 Å². The Bertz CT molecular complexity index is 572. The van der Waals surface area contributed by atoms with Gasteiger partial charge in [0.25, 0.3) is 0 Å². The van der Waals surface area contributed by atoms with Gasteiger partial charge >= 0.3 is 0 Å². The quantitative estimate of drug-likeness (QED) is 0.843. The van der Waals surface area contributed by atoms with Crippen LogP contribution in [0.5, 0.6) is 0 Å². The molecule has 4 nitrogen and oxygen atoms in total. The van der Waals surface area contributed by atoms with Gasteiger partial charge in [-0.2, -0.15) is 5.26 Å². The number of benzene rings is 1. The fourth-order valence-electron chi connectivity index (χ4n) is 3.62. The molecule has 2 atom stereocenters. The van der Waals surface area contributed by atoms with E-state index < -0.39 is 5.41 Å². The first kappa shape index (κ1) is 15.1. The molecule has 0 aromatic heterocycles. The lowest BCUT2D eigenvalue weighted by molar-refractivity contribution is -0.152. The fraction of sp³-hybridized carbons (Fsp3) is 0.556. The van der Waals surface area contributed by atoms with Crippen molar-refractivity contribution in [3.63, 3.8) is 0 Å². The van der Waals surface area contributed by atoms with Crippen LogP contribution < -0.4 is 0 Å². The van der Waals surface area contributed by atoms with Gasteiger partial charge in [-0.1, -0.05) is 43.2 Å². The Morgan fingerprint density at radius 3 is 2.59 bits per heavy atom. The highest BCUT2D eigenvalue weighted by atomic mass is 16.5. The van der Waals surface area contributed by atoms with E-state index in [0.29, 0.717) is 25.9 Å². The van der Waals surface area contributed by atoms with E-state index in [-0.39, 0.29) is 18.1 Å². The first-order valence-electron chi connectivity index (χ1n) is 8.06. The van der Waals surface area contributed by atoms with E-state index in [9.17, 15) is 10.1 Å². The van der Waals surface area contributed by atoms with Crippen molar-refractivity contribution in [1.29, 1.82) is 5.26 Å². The third-order valence-electron chi connectivity index (χ3n) is 4.80. The lowest BCUT2D eigenvalue weighted by Crippen LogP contribution is -2.50. The molecule has 0 bridgehead atoms. The SMILES string of the molecule is C[C@H]1CN(C(=O)C2(C#N)CCCC2)C[C@@H](c2ccccc2)O1. The van der Waals surface area contributed by atoms with Gasteiger partial charge in [0.1, 0.15) is 11.5 Å². The molecule has 4 heteroatoms. The first-order valence-corrected chi connectivity index (χ1v) is 8.06. The number of rotatable bonds is 2. The van der Waals surface area contributed by atoms with Gasteiger partial charge in [0.05, 0.1) is 18.7 Å². The van der Waals surface area contributed by atoms with Gasteiger partial charge in [-0.25, -0.2) is 0 Å². The van der Waals surface area contributed by atoms with E-state index in [0.717, 1.165) is 18.4 Å². The maximum absolute atomic E-state index is 12.9. The van der Waals surface area contributed by atoms with Crippen molar-refractivity contribution in [1.82, 2.24) is 4.90 Å². The molecule has 2 fully saturated rings. The van der Waals surface area contributed by atoms with Crippen LogP contribution in [-0.4, -0.2) is 30.0 Å². The molecule has 1 heterocycles. The number of carbonyl (C=O) groups excluding carboxylic acids is 1. The van der Waals surface area contributed by atoms with E-state index in [2.05, 4.69) is 6.07 Å². The van der Waals surface area contributed by atoms with Gasteiger partial charge in [0, 0.05) is 6.54 Å². The Labute approximate surface area is 131 Å². The molecule has 0 unspecified atom stereocenters. The molecule has 116 valence electrons. The topological polar surface area (TPSA) is 53.3 Å². The summed E-state index contributed by atoms with van der Waals surface area (Å²) in [5.74, 6) is 0.00332. The second kappa shape index (κ2) is 6.10. The summed E-state index contributed by atoms with van der Waals surface area (Å²) in [4.78, 5) is 14.8. The molecular weight excluding hydrogens is 276 g/mol. The Morgan fingerprint density at radius 1 is 1.27 bits per heavy atom. The summed E-state index contributed by atoms with van der Waals surface area (Å²) in [6, 6.07) is 12.3. The zero-order chi connectivity index (χ0) is 15.6. The fourth-order valence-corrected chi connectivity index (χ4v) is 3.62. The molecule has 22 heavy (non-hydrogen) atoms. The molecular formula is C18H22N2O2. The van der Waals surface area contributed by atoms with Gasteiger partial charge in [-0.05, 0) is 25.3 Å². The van der Waals surface area contributed by atoms with Crippen molar-refractivity contribution in [2.75, 3.05) is 13.1 Å². The van der Waals surface area contributed by atoms with Gasteiger partial charge in [0.15, 0.2) is 0 Å². The molecule has 1 aliphatic heterocycles. The van der Waals surface area contributed by atoms with Crippen molar-refractivity contribution in [2.24, 2.45) is 5.41 Å². The maximum atomic E-state index is 12.9. The summed E-state index contributed by atoms with van der Waals surface area (Å²) in [6.07, 6.45) is 3.22. The molecule has 1 amide bonds. The molecule has 2 aliphatic rings. The number of nitrogens with zero attached hydrogens (tertiary/aromatic N) is 2. The number of hydrogen-bond donors (Lipinski definition) is 0. The average molecular weight is 298 g/mol. The van der Waals surface area contributed by atoms with E-state index in [1.807, 2.05) is 42.2 Å². The largest absolute Gasteiger partial charge is 0.367 e. The van der Waals surface area contributed by atoms with Gasteiger partial charge in [-0.15, -0.1) is 0 Å². The van der Waals surface area contributed by atoms with Crippen molar-refractivity contribution in [3.8, 4) is 6.07 Å². The number of nitriles is 1. The number of ether oxygens (including phenoxy) is 1. The molecule has 3 rings (SSSR count). The smallest absolute Gasteiger partial charge is 0.243 e. The molecule has 0 spiro atoms. The second-order valence-electron chi connectivity index (χ2n) is 6.46. The van der Waals surface area contributed by atoms with Gasteiger partial charge in [-0.3, -0.25) is 4.79 Å². The van der Waals surface area contributed by atoms with Crippen LogP contribution in [0.25, 0.3) is 0 Å². The van der Waals surface area contributed by atoms with Crippen LogP contribution in [0, 0.1) is 16.7 Å². The van der Waals surface area contributed by atoms with Crippen LogP contribution in [0.15, 0.2) is 30.3 Å². The van der Waals surface area contributed by atoms with Crippen LogP contribution in [0.3, 0.4) is 0 Å². The summed E-state index contributed by atoms with van der Waals surface area (Å²) in [6.45, 7) is 3.10. The Morgan fingerprint density at radius 2 is 1.95 bits per heavy atom. The Hall–Kier alpha value is -1.86. The summed E-state index contributed by atoms with van der Waals surface area (Å²) in [7, 11) is 0. The highest BCUT2D eigenvalue weighted by Crippen LogP contribution is 2.40. The first-order chi connectivity index (χ1) is 10.6. The van der Waals surface area contributed by atoms with Crippen molar-refractivity contribution in [3.05, 3.63) is 35.9 Å². The third kappa shape index (κ3) is 2.74. The minimum atomic E-state index is -0.793. The van der Waals surface area contributed by atoms with Crippen LogP contribution in [0.2, 0.25) is 0 Å². The lowest BCUT2D eigenvalue weighted by Gasteiger charge is -2.39. The highest BCUT2D eigenvalue weighted by Gasteiger charge is 2.45. The molecule has 1 aromatic carbocycles. The van der Waals surface area contributed by atoms with Gasteiger partial charge < -0.3 is 9.64 Å². The van der Waals surface area contributed by atoms with Crippen LogP contribution in [0.1, 0.15) is 44.3 Å². The zero-order valence-electron chi connectivity index (χ0n) is 13.0. The minimum absolute atomic E-state index is 0.00332. The minimum Gasteiger partial charge on any atom is -0.367 e. The molecule has 1 saturated carbocycles. The lowest BCUT2D eigenvalue weighted by atomic mass is 9.86. The predicted octanol–water partition coefficient (Wildman–Crippen LogP) is 3.06. The summed E-state index contributed by atoms with van der Waals surface area (Å²) < 4.78 is 6.01. The van der Waals surface area contributed by atoms with E-state index in [1.54, 1.807) is 0 Å². The molecule has 1 aromatic rings. The highest BCUT2D eigenvalue weighted by molar-refractivity contribution is 5.86. The van der Waals surface area contributed by atoms with Gasteiger partial charge in [0.2, 0.25) is 5.91 Å². The van der Waals surface area contributed by atoms with E-state index in [4.69, 9.17) is 4.74 Å². The van der Waals surface area contributed by atoms with Crippen LogP contribution >= 0.6 is 0 Å². The monoisotopic (exact) mass is 298 g/mol. The molecule has 1 saturated heterocycles. The van der Waals surface area contributed by atoms with E-state index in [1.165, 1.54) is 0 Å². The van der Waals surface area contributed by atoms with Crippen LogP contribution in [-0.2, 0) is 9.53 Å². The second-order valence-corrected chi connectivity index (χ2v) is 6.46. The number of carbonyl (C=O) groups is 1. The number of morpholine rings is 1. The maximum Gasteiger partial charge on any atom is 0.243 e. The van der Waals surface area contributed by atoms with Crippen molar-refractivity contribution >= 4 is 5.91 Å². The molecule has 0 N–H and O–H groups in total. The Balaban J connectivity index is 1.79. The molecule has 0 radical (unpaired) electrons. The number of hydrogen-bond acceptors (Lipinski definition) is 3. The summed E-state index contributed by atoms with van der Waals surface area (Å²) in [5, 5.41) is 9.54. The van der Waals surface area contributed by atoms with Crippen molar-refractivity contribution < 1.29 is 9.53 Å². The molecule has 1 aliphatic carbocycles. The third-order valence-corrected chi connectivity index (χ3v) is 4.80. The normalized spacial score (nSPS) is 27.4. The summed E-state index contributed by atoms with van der Waals surface area (Å²) in [5.41, 5.74) is 0.294. The average Bonchev–Trinajstić information content (AvgIpc) is 3.04. The predicted molar refractivity (Wildman–Crippen MR) is 82.8 cm³/mol. The standard InChI is InChI=1S/C18H22N2O2/c1-14-11-20(17(21)18(13-19)9-5-6-10-18)12-16(22-14)15-7-3-2-4-8-15/h2-4,7-8,14,16H,5-6,9-12H2,1H3/t14-,16-/m0/s1. The van der Waals surface area contributed by atoms with E-state index >= 15 is 0 Å². The Kier molecular flexibility index (Phi) is 4.17. The summed E-state index contributed by atoms with van der Waals surface area (Å²) >= 11 is 0. The number of amides is 1. The zero-order valence-corrected chi connectivity index (χ0v) is 13.0.